The van der Waals surface area contributed by atoms with E-state index in [1.165, 1.54) is 28.6 Å². The van der Waals surface area contributed by atoms with Gasteiger partial charge in [0.25, 0.3) is 5.91 Å². The molecule has 0 aliphatic carbocycles. The van der Waals surface area contributed by atoms with Crippen LogP contribution in [-0.4, -0.2) is 44.3 Å². The third-order valence-electron chi connectivity index (χ3n) is 4.92. The van der Waals surface area contributed by atoms with Crippen molar-refractivity contribution in [3.63, 3.8) is 0 Å². The highest BCUT2D eigenvalue weighted by atomic mass is 35.5. The number of esters is 1. The second-order valence-corrected chi connectivity index (χ2v) is 9.98. The van der Waals surface area contributed by atoms with E-state index in [1.807, 2.05) is 0 Å². The van der Waals surface area contributed by atoms with Crippen molar-refractivity contribution in [2.75, 3.05) is 19.7 Å². The summed E-state index contributed by atoms with van der Waals surface area (Å²) in [6.45, 7) is 0.184. The van der Waals surface area contributed by atoms with Crippen molar-refractivity contribution in [3.05, 3.63) is 64.1 Å². The summed E-state index contributed by atoms with van der Waals surface area (Å²) in [7, 11) is -3.74. The number of ether oxygens (including phenoxy) is 1. The maximum atomic E-state index is 12.8. The first-order valence-electron chi connectivity index (χ1n) is 9.69. The Labute approximate surface area is 191 Å². The van der Waals surface area contributed by atoms with Gasteiger partial charge in [-0.2, -0.15) is 4.31 Å². The molecule has 1 saturated heterocycles. The van der Waals surface area contributed by atoms with Gasteiger partial charge in [0, 0.05) is 29.7 Å². The van der Waals surface area contributed by atoms with Crippen LogP contribution in [0.2, 0.25) is 10.0 Å². The van der Waals surface area contributed by atoms with E-state index < -0.39 is 34.4 Å². The highest BCUT2D eigenvalue weighted by Crippen LogP contribution is 2.25. The molecule has 1 fully saturated rings. The number of benzene rings is 2. The first kappa shape index (κ1) is 23.5. The Morgan fingerprint density at radius 2 is 1.65 bits per heavy atom. The van der Waals surface area contributed by atoms with Gasteiger partial charge in [0.2, 0.25) is 10.0 Å². The van der Waals surface area contributed by atoms with Gasteiger partial charge in [-0.1, -0.05) is 35.3 Å². The zero-order valence-corrected chi connectivity index (χ0v) is 18.9. The van der Waals surface area contributed by atoms with Gasteiger partial charge in [-0.25, -0.2) is 8.42 Å². The molecule has 31 heavy (non-hydrogen) atoms. The average molecular weight is 485 g/mol. The highest BCUT2D eigenvalue weighted by Gasteiger charge is 2.34. The number of amides is 1. The summed E-state index contributed by atoms with van der Waals surface area (Å²) < 4.78 is 32.1. The fraction of sp³-hybridized carbons (Fsp3) is 0.333. The van der Waals surface area contributed by atoms with Gasteiger partial charge in [0.15, 0.2) is 6.61 Å². The van der Waals surface area contributed by atoms with Crippen LogP contribution in [0.15, 0.2) is 53.4 Å². The van der Waals surface area contributed by atoms with Gasteiger partial charge in [-0.3, -0.25) is 9.59 Å². The van der Waals surface area contributed by atoms with Crippen molar-refractivity contribution < 1.29 is 22.7 Å². The minimum Gasteiger partial charge on any atom is -0.455 e. The molecule has 0 spiro atoms. The molecule has 0 bridgehead atoms. The first-order chi connectivity index (χ1) is 14.8. The molecule has 1 aliphatic rings. The number of halogens is 2. The SMILES string of the molecule is O=C(COC(=O)C1CCCN(S(=O)(=O)c2ccc(Cl)cc2)C1)NCc1ccc(Cl)cc1. The summed E-state index contributed by atoms with van der Waals surface area (Å²) in [5.41, 5.74) is 0.861. The van der Waals surface area contributed by atoms with Crippen molar-refractivity contribution in [1.82, 2.24) is 9.62 Å². The minimum atomic E-state index is -3.74. The third kappa shape index (κ3) is 6.43. The number of sulfonamides is 1. The molecule has 1 amide bonds. The van der Waals surface area contributed by atoms with Gasteiger partial charge >= 0.3 is 5.97 Å². The number of nitrogens with one attached hydrogen (secondary N) is 1. The monoisotopic (exact) mass is 484 g/mol. The summed E-state index contributed by atoms with van der Waals surface area (Å²) >= 11 is 11.6. The van der Waals surface area contributed by atoms with E-state index in [9.17, 15) is 18.0 Å². The second kappa shape index (κ2) is 10.5. The Morgan fingerprint density at radius 1 is 1.03 bits per heavy atom. The number of carbonyl (C=O) groups is 2. The van der Waals surface area contributed by atoms with Crippen LogP contribution in [-0.2, 0) is 30.9 Å². The zero-order valence-electron chi connectivity index (χ0n) is 16.6. The predicted octanol–water partition coefficient (Wildman–Crippen LogP) is 3.25. The van der Waals surface area contributed by atoms with E-state index in [-0.39, 0.29) is 18.0 Å². The number of nitrogens with zero attached hydrogens (tertiary/aromatic N) is 1. The lowest BCUT2D eigenvalue weighted by Crippen LogP contribution is -2.43. The molecule has 0 saturated carbocycles. The van der Waals surface area contributed by atoms with Gasteiger partial charge in [0.1, 0.15) is 0 Å². The van der Waals surface area contributed by atoms with Crippen LogP contribution >= 0.6 is 23.2 Å². The Hall–Kier alpha value is -2.13. The average Bonchev–Trinajstić information content (AvgIpc) is 2.77. The van der Waals surface area contributed by atoms with Crippen molar-refractivity contribution in [3.8, 4) is 0 Å². The molecule has 2 aromatic rings. The number of hydrogen-bond acceptors (Lipinski definition) is 5. The van der Waals surface area contributed by atoms with Crippen molar-refractivity contribution in [2.45, 2.75) is 24.3 Å². The molecule has 2 aromatic carbocycles. The molecule has 1 unspecified atom stereocenters. The minimum absolute atomic E-state index is 0.0101. The lowest BCUT2D eigenvalue weighted by molar-refractivity contribution is -0.153. The van der Waals surface area contributed by atoms with E-state index in [4.69, 9.17) is 27.9 Å². The zero-order chi connectivity index (χ0) is 22.4. The molecule has 3 rings (SSSR count). The molecule has 0 radical (unpaired) electrons. The van der Waals surface area contributed by atoms with E-state index in [1.54, 1.807) is 24.3 Å². The van der Waals surface area contributed by atoms with Crippen molar-refractivity contribution >= 4 is 45.1 Å². The fourth-order valence-corrected chi connectivity index (χ4v) is 4.99. The number of rotatable bonds is 7. The van der Waals surface area contributed by atoms with Crippen LogP contribution in [0.1, 0.15) is 18.4 Å². The van der Waals surface area contributed by atoms with Gasteiger partial charge in [-0.15, -0.1) is 0 Å². The van der Waals surface area contributed by atoms with E-state index >= 15 is 0 Å². The molecular formula is C21H22Cl2N2O5S. The third-order valence-corrected chi connectivity index (χ3v) is 7.30. The fourth-order valence-electron chi connectivity index (χ4n) is 3.22. The first-order valence-corrected chi connectivity index (χ1v) is 11.9. The summed E-state index contributed by atoms with van der Waals surface area (Å²) in [6.07, 6.45) is 1.02. The number of carbonyl (C=O) groups excluding carboxylic acids is 2. The van der Waals surface area contributed by atoms with E-state index in [0.717, 1.165) is 5.56 Å². The molecule has 7 nitrogen and oxygen atoms in total. The van der Waals surface area contributed by atoms with Crippen LogP contribution in [0.25, 0.3) is 0 Å². The highest BCUT2D eigenvalue weighted by molar-refractivity contribution is 7.89. The molecular weight excluding hydrogens is 463 g/mol. The Balaban J connectivity index is 1.50. The summed E-state index contributed by atoms with van der Waals surface area (Å²) in [5, 5.41) is 3.70. The topological polar surface area (TPSA) is 92.8 Å². The quantitative estimate of drug-likeness (QED) is 0.608. The maximum Gasteiger partial charge on any atom is 0.310 e. The molecule has 1 N–H and O–H groups in total. The van der Waals surface area contributed by atoms with Crippen molar-refractivity contribution in [2.24, 2.45) is 5.92 Å². The predicted molar refractivity (Wildman–Crippen MR) is 117 cm³/mol. The van der Waals surface area contributed by atoms with Crippen LogP contribution in [0.4, 0.5) is 0 Å². The van der Waals surface area contributed by atoms with Crippen LogP contribution in [0.5, 0.6) is 0 Å². The lowest BCUT2D eigenvalue weighted by Gasteiger charge is -2.30. The smallest absolute Gasteiger partial charge is 0.310 e. The van der Waals surface area contributed by atoms with Gasteiger partial charge in [0.05, 0.1) is 10.8 Å². The summed E-state index contributed by atoms with van der Waals surface area (Å²) in [6, 6.07) is 12.9. The Bertz CT molecular complexity index is 1030. The molecule has 10 heteroatoms. The largest absolute Gasteiger partial charge is 0.455 e. The molecule has 0 aromatic heterocycles. The second-order valence-electron chi connectivity index (χ2n) is 7.17. The number of hydrogen-bond donors (Lipinski definition) is 1. The van der Waals surface area contributed by atoms with Gasteiger partial charge in [-0.05, 0) is 54.8 Å². The Morgan fingerprint density at radius 3 is 2.29 bits per heavy atom. The van der Waals surface area contributed by atoms with Crippen LogP contribution in [0, 0.1) is 5.92 Å². The molecule has 1 atom stereocenters. The lowest BCUT2D eigenvalue weighted by atomic mass is 10.00. The van der Waals surface area contributed by atoms with Gasteiger partial charge < -0.3 is 10.1 Å². The molecule has 1 aliphatic heterocycles. The van der Waals surface area contributed by atoms with E-state index in [0.29, 0.717) is 29.4 Å². The Kier molecular flexibility index (Phi) is 7.94. The molecule has 1 heterocycles. The summed E-state index contributed by atoms with van der Waals surface area (Å²) in [5.74, 6) is -1.65. The van der Waals surface area contributed by atoms with Crippen molar-refractivity contribution in [1.29, 1.82) is 0 Å². The van der Waals surface area contributed by atoms with E-state index in [2.05, 4.69) is 5.32 Å². The molecule has 166 valence electrons. The number of piperidine rings is 1. The standard InChI is InChI=1S/C21H22Cl2N2O5S/c22-17-5-3-15(4-6-17)12-24-20(26)14-30-21(27)16-2-1-11-25(13-16)31(28,29)19-9-7-18(23)8-10-19/h3-10,16H,1-2,11-14H2,(H,24,26). The summed E-state index contributed by atoms with van der Waals surface area (Å²) in [4.78, 5) is 24.5. The normalized spacial score (nSPS) is 17.2. The maximum absolute atomic E-state index is 12.8. The van der Waals surface area contributed by atoms with Crippen LogP contribution in [0.3, 0.4) is 0 Å². The van der Waals surface area contributed by atoms with Crippen LogP contribution < -0.4 is 5.32 Å².